The molecule has 0 amide bonds. The van der Waals surface area contributed by atoms with Gasteiger partial charge in [-0.15, -0.1) is 0 Å². The summed E-state index contributed by atoms with van der Waals surface area (Å²) in [6.07, 6.45) is 0.570. The van der Waals surface area contributed by atoms with Crippen LogP contribution in [0.15, 0.2) is 47.3 Å². The molecule has 0 spiro atoms. The minimum absolute atomic E-state index is 0.112. The number of carbonyl (C=O) groups excluding carboxylic acids is 1. The molecule has 2 aromatic carbocycles. The Kier molecular flexibility index (Phi) is 4.03. The standard InChI is InChI=1S/C20H17FN2O3/c1-11-5-4-7-13-18(11)22-17(23-19(13)24)10-26-20(25)15-9-14(15)12-6-2-3-8-16(12)21/h2-8,14-15H,9-10H2,1H3,(H,22,23,24)/t14-,15+/m0/s1. The maximum absolute atomic E-state index is 13.8. The Labute approximate surface area is 148 Å². The first kappa shape index (κ1) is 16.4. The molecule has 6 heteroatoms. The van der Waals surface area contributed by atoms with Crippen molar-refractivity contribution < 1.29 is 13.9 Å². The molecule has 0 aliphatic heterocycles. The van der Waals surface area contributed by atoms with Crippen LogP contribution >= 0.6 is 0 Å². The molecule has 1 heterocycles. The van der Waals surface area contributed by atoms with Crippen molar-refractivity contribution in [3.63, 3.8) is 0 Å². The van der Waals surface area contributed by atoms with Gasteiger partial charge in [0.1, 0.15) is 18.2 Å². The lowest BCUT2D eigenvalue weighted by atomic mass is 10.1. The van der Waals surface area contributed by atoms with E-state index in [0.717, 1.165) is 5.56 Å². The molecule has 1 aliphatic rings. The summed E-state index contributed by atoms with van der Waals surface area (Å²) in [6, 6.07) is 11.8. The molecule has 2 atom stereocenters. The summed E-state index contributed by atoms with van der Waals surface area (Å²) in [4.78, 5) is 31.4. The van der Waals surface area contributed by atoms with Crippen LogP contribution in [-0.4, -0.2) is 15.9 Å². The summed E-state index contributed by atoms with van der Waals surface area (Å²) in [7, 11) is 0. The summed E-state index contributed by atoms with van der Waals surface area (Å²) < 4.78 is 19.1. The highest BCUT2D eigenvalue weighted by atomic mass is 19.1. The first-order chi connectivity index (χ1) is 12.5. The number of ether oxygens (including phenoxy) is 1. The number of hydrogen-bond donors (Lipinski definition) is 1. The molecule has 0 saturated heterocycles. The van der Waals surface area contributed by atoms with Crippen LogP contribution in [-0.2, 0) is 16.1 Å². The van der Waals surface area contributed by atoms with Gasteiger partial charge < -0.3 is 9.72 Å². The van der Waals surface area contributed by atoms with Gasteiger partial charge in [0.15, 0.2) is 0 Å². The number of esters is 1. The van der Waals surface area contributed by atoms with E-state index in [-0.39, 0.29) is 29.8 Å². The van der Waals surface area contributed by atoms with E-state index in [0.29, 0.717) is 28.7 Å². The topological polar surface area (TPSA) is 72.1 Å². The monoisotopic (exact) mass is 352 g/mol. The van der Waals surface area contributed by atoms with Gasteiger partial charge in [0.05, 0.1) is 16.8 Å². The highest BCUT2D eigenvalue weighted by Gasteiger charge is 2.46. The van der Waals surface area contributed by atoms with Crippen LogP contribution < -0.4 is 5.56 Å². The third kappa shape index (κ3) is 2.98. The zero-order valence-electron chi connectivity index (χ0n) is 14.2. The first-order valence-electron chi connectivity index (χ1n) is 8.44. The number of nitrogens with zero attached hydrogens (tertiary/aromatic N) is 1. The van der Waals surface area contributed by atoms with Crippen molar-refractivity contribution in [3.8, 4) is 0 Å². The molecule has 26 heavy (non-hydrogen) atoms. The van der Waals surface area contributed by atoms with Gasteiger partial charge >= 0.3 is 5.97 Å². The molecule has 132 valence electrons. The Bertz CT molecular complexity index is 1060. The van der Waals surface area contributed by atoms with Crippen molar-refractivity contribution in [2.24, 2.45) is 5.92 Å². The molecule has 1 fully saturated rings. The lowest BCUT2D eigenvalue weighted by molar-refractivity contribution is -0.146. The molecule has 1 aromatic heterocycles. The number of aryl methyl sites for hydroxylation is 1. The number of carbonyl (C=O) groups is 1. The van der Waals surface area contributed by atoms with Crippen molar-refractivity contribution in [2.75, 3.05) is 0 Å². The Morgan fingerprint density at radius 3 is 2.88 bits per heavy atom. The maximum atomic E-state index is 13.8. The molecule has 3 aromatic rings. The highest BCUT2D eigenvalue weighted by Crippen LogP contribution is 2.48. The Hall–Kier alpha value is -3.02. The van der Waals surface area contributed by atoms with Gasteiger partial charge in [-0.1, -0.05) is 30.3 Å². The molecule has 0 unspecified atom stereocenters. The van der Waals surface area contributed by atoms with E-state index < -0.39 is 5.97 Å². The van der Waals surface area contributed by atoms with Gasteiger partial charge in [-0.25, -0.2) is 9.37 Å². The molecule has 1 saturated carbocycles. The average Bonchev–Trinajstić information content (AvgIpc) is 3.42. The fraction of sp³-hybridized carbons (Fsp3) is 0.250. The van der Waals surface area contributed by atoms with Crippen molar-refractivity contribution in [2.45, 2.75) is 25.9 Å². The van der Waals surface area contributed by atoms with Crippen LogP contribution in [0.25, 0.3) is 10.9 Å². The number of rotatable bonds is 4. The number of halogens is 1. The number of aromatic amines is 1. The summed E-state index contributed by atoms with van der Waals surface area (Å²) >= 11 is 0. The second-order valence-electron chi connectivity index (χ2n) is 6.56. The SMILES string of the molecule is Cc1cccc2c(=O)[nH]c(COC(=O)[C@@H]3C[C@H]3c3ccccc3F)nc12. The second-order valence-corrected chi connectivity index (χ2v) is 6.56. The first-order valence-corrected chi connectivity index (χ1v) is 8.44. The van der Waals surface area contributed by atoms with Crippen LogP contribution in [0.1, 0.15) is 29.3 Å². The number of benzene rings is 2. The summed E-state index contributed by atoms with van der Waals surface area (Å²) in [5.74, 6) is -0.891. The molecule has 0 bridgehead atoms. The van der Waals surface area contributed by atoms with E-state index in [1.54, 1.807) is 30.3 Å². The number of H-pyrrole nitrogens is 1. The number of fused-ring (bicyclic) bond motifs is 1. The molecule has 0 radical (unpaired) electrons. The summed E-state index contributed by atoms with van der Waals surface area (Å²) in [6.45, 7) is 1.76. The van der Waals surface area contributed by atoms with Crippen molar-refractivity contribution in [1.29, 1.82) is 0 Å². The third-order valence-corrected chi connectivity index (χ3v) is 4.74. The summed E-state index contributed by atoms with van der Waals surface area (Å²) in [5, 5.41) is 0.502. The van der Waals surface area contributed by atoms with Gasteiger partial charge in [0.25, 0.3) is 5.56 Å². The Morgan fingerprint density at radius 2 is 2.08 bits per heavy atom. The number of hydrogen-bond acceptors (Lipinski definition) is 4. The second kappa shape index (κ2) is 6.37. The fourth-order valence-corrected chi connectivity index (χ4v) is 3.24. The van der Waals surface area contributed by atoms with Crippen LogP contribution in [0.5, 0.6) is 0 Å². The molecular formula is C20H17FN2O3. The Morgan fingerprint density at radius 1 is 1.27 bits per heavy atom. The quantitative estimate of drug-likeness (QED) is 0.732. The normalized spacial score (nSPS) is 18.7. The van der Waals surface area contributed by atoms with Gasteiger partial charge in [-0.2, -0.15) is 0 Å². The molecule has 1 aliphatic carbocycles. The van der Waals surface area contributed by atoms with Gasteiger partial charge in [0, 0.05) is 5.92 Å². The Balaban J connectivity index is 1.46. The minimum Gasteiger partial charge on any atom is -0.457 e. The van der Waals surface area contributed by atoms with E-state index in [2.05, 4.69) is 9.97 Å². The predicted octanol–water partition coefficient (Wildman–Crippen LogP) is 3.22. The van der Waals surface area contributed by atoms with E-state index >= 15 is 0 Å². The largest absolute Gasteiger partial charge is 0.457 e. The van der Waals surface area contributed by atoms with E-state index in [1.165, 1.54) is 6.07 Å². The van der Waals surface area contributed by atoms with Crippen LogP contribution in [0.2, 0.25) is 0 Å². The van der Waals surface area contributed by atoms with E-state index in [4.69, 9.17) is 4.74 Å². The number of aromatic nitrogens is 2. The van der Waals surface area contributed by atoms with Crippen molar-refractivity contribution in [3.05, 3.63) is 75.6 Å². The lowest BCUT2D eigenvalue weighted by Gasteiger charge is -2.07. The zero-order valence-corrected chi connectivity index (χ0v) is 14.2. The van der Waals surface area contributed by atoms with Crippen LogP contribution in [0.4, 0.5) is 4.39 Å². The molecular weight excluding hydrogens is 335 g/mol. The van der Waals surface area contributed by atoms with Crippen molar-refractivity contribution >= 4 is 16.9 Å². The highest BCUT2D eigenvalue weighted by molar-refractivity contribution is 5.80. The molecule has 5 nitrogen and oxygen atoms in total. The third-order valence-electron chi connectivity index (χ3n) is 4.74. The van der Waals surface area contributed by atoms with Crippen LogP contribution in [0, 0.1) is 18.7 Å². The maximum Gasteiger partial charge on any atom is 0.310 e. The molecule has 1 N–H and O–H groups in total. The fourth-order valence-electron chi connectivity index (χ4n) is 3.24. The molecule has 4 rings (SSSR count). The van der Waals surface area contributed by atoms with Gasteiger partial charge in [-0.05, 0) is 36.6 Å². The predicted molar refractivity (Wildman–Crippen MR) is 94.1 cm³/mol. The number of nitrogens with one attached hydrogen (secondary N) is 1. The summed E-state index contributed by atoms with van der Waals surface area (Å²) in [5.41, 5.74) is 1.75. The minimum atomic E-state index is -0.397. The van der Waals surface area contributed by atoms with Crippen LogP contribution in [0.3, 0.4) is 0 Å². The lowest BCUT2D eigenvalue weighted by Crippen LogP contribution is -2.15. The average molecular weight is 352 g/mol. The van der Waals surface area contributed by atoms with E-state index in [9.17, 15) is 14.0 Å². The number of para-hydroxylation sites is 1. The van der Waals surface area contributed by atoms with Gasteiger partial charge in [-0.3, -0.25) is 9.59 Å². The van der Waals surface area contributed by atoms with E-state index in [1.807, 2.05) is 13.0 Å². The smallest absolute Gasteiger partial charge is 0.310 e. The zero-order chi connectivity index (χ0) is 18.3. The van der Waals surface area contributed by atoms with Crippen molar-refractivity contribution in [1.82, 2.24) is 9.97 Å². The van der Waals surface area contributed by atoms with Gasteiger partial charge in [0.2, 0.25) is 0 Å².